The van der Waals surface area contributed by atoms with Crippen LogP contribution in [0, 0.1) is 5.82 Å². The molecule has 0 spiro atoms. The van der Waals surface area contributed by atoms with Crippen LogP contribution in [-0.4, -0.2) is 38.6 Å². The molecule has 1 rings (SSSR count). The number of likely N-dealkylation sites (N-methyl/N-ethyl adjacent to an activating group) is 1. The number of carbonyl (C=O) groups excluding carboxylic acids is 1. The first kappa shape index (κ1) is 13.1. The quantitative estimate of drug-likeness (QED) is 0.769. The van der Waals surface area contributed by atoms with Gasteiger partial charge < -0.3 is 20.7 Å². The number of methoxy groups -OCH3 is 1. The average Bonchev–Trinajstić information content (AvgIpc) is 2.27. The van der Waals surface area contributed by atoms with Gasteiger partial charge in [-0.25, -0.2) is 4.39 Å². The third-order valence-electron chi connectivity index (χ3n) is 2.25. The first-order valence-electron chi connectivity index (χ1n) is 5.02. The SMILES string of the molecule is COc1cc(NCC(=O)N(C)C)c(F)cc1N. The molecule has 1 aromatic rings. The zero-order chi connectivity index (χ0) is 13.0. The molecule has 6 heteroatoms. The molecule has 1 amide bonds. The maximum absolute atomic E-state index is 13.5. The molecule has 0 fully saturated rings. The minimum Gasteiger partial charge on any atom is -0.495 e. The highest BCUT2D eigenvalue weighted by atomic mass is 19.1. The number of hydrogen-bond donors (Lipinski definition) is 2. The number of nitrogen functional groups attached to an aromatic ring is 1. The van der Waals surface area contributed by atoms with Crippen molar-refractivity contribution < 1.29 is 13.9 Å². The van der Waals surface area contributed by atoms with Crippen molar-refractivity contribution in [2.45, 2.75) is 0 Å². The third-order valence-corrected chi connectivity index (χ3v) is 2.25. The van der Waals surface area contributed by atoms with E-state index in [1.165, 1.54) is 18.1 Å². The summed E-state index contributed by atoms with van der Waals surface area (Å²) >= 11 is 0. The summed E-state index contributed by atoms with van der Waals surface area (Å²) in [4.78, 5) is 12.7. The number of nitrogens with zero attached hydrogens (tertiary/aromatic N) is 1. The summed E-state index contributed by atoms with van der Waals surface area (Å²) in [7, 11) is 4.70. The van der Waals surface area contributed by atoms with Gasteiger partial charge in [0.15, 0.2) is 0 Å². The molecule has 1 aromatic carbocycles. The Morgan fingerprint density at radius 3 is 2.71 bits per heavy atom. The summed E-state index contributed by atoms with van der Waals surface area (Å²) in [5.74, 6) is -0.304. The Balaban J connectivity index is 2.81. The summed E-state index contributed by atoms with van der Waals surface area (Å²) in [5.41, 5.74) is 5.94. The molecular weight excluding hydrogens is 225 g/mol. The number of nitrogens with one attached hydrogen (secondary N) is 1. The van der Waals surface area contributed by atoms with Crippen molar-refractivity contribution in [2.24, 2.45) is 0 Å². The maximum atomic E-state index is 13.5. The number of nitrogens with two attached hydrogens (primary N) is 1. The van der Waals surface area contributed by atoms with E-state index in [1.807, 2.05) is 0 Å². The molecule has 0 aromatic heterocycles. The van der Waals surface area contributed by atoms with Crippen molar-refractivity contribution >= 4 is 17.3 Å². The van der Waals surface area contributed by atoms with Crippen molar-refractivity contribution in [3.8, 4) is 5.75 Å². The first-order valence-corrected chi connectivity index (χ1v) is 5.02. The Bertz CT molecular complexity index is 421. The molecule has 0 bridgehead atoms. The minimum absolute atomic E-state index is 0.0109. The predicted molar refractivity (Wildman–Crippen MR) is 64.5 cm³/mol. The summed E-state index contributed by atoms with van der Waals surface area (Å²) in [6.45, 7) is 0.0109. The van der Waals surface area contributed by atoms with Gasteiger partial charge in [-0.3, -0.25) is 4.79 Å². The highest BCUT2D eigenvalue weighted by Gasteiger charge is 2.10. The largest absolute Gasteiger partial charge is 0.495 e. The molecule has 17 heavy (non-hydrogen) atoms. The Morgan fingerprint density at radius 2 is 2.18 bits per heavy atom. The number of halogens is 1. The van der Waals surface area contributed by atoms with Crippen molar-refractivity contribution in [1.82, 2.24) is 4.90 Å². The fourth-order valence-corrected chi connectivity index (χ4v) is 1.21. The summed E-state index contributed by atoms with van der Waals surface area (Å²) in [6, 6.07) is 2.58. The normalized spacial score (nSPS) is 9.88. The number of carbonyl (C=O) groups is 1. The molecular formula is C11H16FN3O2. The van der Waals surface area contributed by atoms with Crippen molar-refractivity contribution in [3.63, 3.8) is 0 Å². The smallest absolute Gasteiger partial charge is 0.241 e. The van der Waals surface area contributed by atoms with E-state index in [4.69, 9.17) is 10.5 Å². The van der Waals surface area contributed by atoms with Crippen LogP contribution in [0.25, 0.3) is 0 Å². The fraction of sp³-hybridized carbons (Fsp3) is 0.364. The monoisotopic (exact) mass is 241 g/mol. The second kappa shape index (κ2) is 5.38. The Morgan fingerprint density at radius 1 is 1.53 bits per heavy atom. The van der Waals surface area contributed by atoms with E-state index < -0.39 is 5.82 Å². The van der Waals surface area contributed by atoms with Gasteiger partial charge in [0.1, 0.15) is 11.6 Å². The van der Waals surface area contributed by atoms with Gasteiger partial charge in [0.25, 0.3) is 0 Å². The fourth-order valence-electron chi connectivity index (χ4n) is 1.21. The van der Waals surface area contributed by atoms with Crippen LogP contribution in [0.1, 0.15) is 0 Å². The third kappa shape index (κ3) is 3.24. The van der Waals surface area contributed by atoms with Gasteiger partial charge in [-0.05, 0) is 0 Å². The summed E-state index contributed by atoms with van der Waals surface area (Å²) in [6.07, 6.45) is 0. The van der Waals surface area contributed by atoms with Gasteiger partial charge in [-0.1, -0.05) is 0 Å². The molecule has 0 atom stereocenters. The second-order valence-corrected chi connectivity index (χ2v) is 3.72. The molecule has 0 radical (unpaired) electrons. The van der Waals surface area contributed by atoms with Gasteiger partial charge in [-0.2, -0.15) is 0 Å². The average molecular weight is 241 g/mol. The van der Waals surface area contributed by atoms with E-state index in [2.05, 4.69) is 5.32 Å². The van der Waals surface area contributed by atoms with E-state index >= 15 is 0 Å². The van der Waals surface area contributed by atoms with Gasteiger partial charge in [0.05, 0.1) is 25.0 Å². The van der Waals surface area contributed by atoms with Gasteiger partial charge >= 0.3 is 0 Å². The zero-order valence-corrected chi connectivity index (χ0v) is 10.1. The highest BCUT2D eigenvalue weighted by Crippen LogP contribution is 2.27. The predicted octanol–water partition coefficient (Wildman–Crippen LogP) is 0.917. The van der Waals surface area contributed by atoms with Crippen LogP contribution in [0.5, 0.6) is 5.75 Å². The number of benzene rings is 1. The summed E-state index contributed by atoms with van der Waals surface area (Å²) < 4.78 is 18.5. The Kier molecular flexibility index (Phi) is 4.14. The molecule has 0 saturated heterocycles. The maximum Gasteiger partial charge on any atom is 0.241 e. The molecule has 0 aliphatic rings. The van der Waals surface area contributed by atoms with E-state index in [9.17, 15) is 9.18 Å². The number of ether oxygens (including phenoxy) is 1. The van der Waals surface area contributed by atoms with Gasteiger partial charge in [-0.15, -0.1) is 0 Å². The van der Waals surface area contributed by atoms with Gasteiger partial charge in [0.2, 0.25) is 5.91 Å². The van der Waals surface area contributed by atoms with Crippen LogP contribution < -0.4 is 15.8 Å². The lowest BCUT2D eigenvalue weighted by Crippen LogP contribution is -2.28. The molecule has 0 aliphatic carbocycles. The molecule has 3 N–H and O–H groups in total. The number of hydrogen-bond acceptors (Lipinski definition) is 4. The second-order valence-electron chi connectivity index (χ2n) is 3.72. The van der Waals surface area contributed by atoms with Gasteiger partial charge in [0, 0.05) is 26.2 Å². The van der Waals surface area contributed by atoms with Crippen LogP contribution in [-0.2, 0) is 4.79 Å². The minimum atomic E-state index is -0.519. The lowest BCUT2D eigenvalue weighted by molar-refractivity contribution is -0.126. The van der Waals surface area contributed by atoms with E-state index in [-0.39, 0.29) is 23.8 Å². The van der Waals surface area contributed by atoms with Crippen molar-refractivity contribution in [2.75, 3.05) is 38.8 Å². The molecule has 5 nitrogen and oxygen atoms in total. The Labute approximate surface area is 99.3 Å². The molecule has 0 heterocycles. The van der Waals surface area contributed by atoms with Crippen LogP contribution >= 0.6 is 0 Å². The number of rotatable bonds is 4. The molecule has 0 unspecified atom stereocenters. The summed E-state index contributed by atoms with van der Waals surface area (Å²) in [5, 5.41) is 2.69. The van der Waals surface area contributed by atoms with Crippen LogP contribution in [0.4, 0.5) is 15.8 Å². The van der Waals surface area contributed by atoms with Crippen LogP contribution in [0.2, 0.25) is 0 Å². The molecule has 0 saturated carbocycles. The lowest BCUT2D eigenvalue weighted by Gasteiger charge is -2.13. The number of anilines is 2. The van der Waals surface area contributed by atoms with E-state index in [1.54, 1.807) is 14.1 Å². The highest BCUT2D eigenvalue weighted by molar-refractivity contribution is 5.80. The standard InChI is InChI=1S/C11H16FN3O2/c1-15(2)11(16)6-14-9-5-10(17-3)8(13)4-7(9)12/h4-5,14H,6,13H2,1-3H3. The van der Waals surface area contributed by atoms with E-state index in [0.29, 0.717) is 5.75 Å². The molecule has 94 valence electrons. The van der Waals surface area contributed by atoms with Crippen LogP contribution in [0.15, 0.2) is 12.1 Å². The first-order chi connectivity index (χ1) is 7.95. The lowest BCUT2D eigenvalue weighted by atomic mass is 10.2. The topological polar surface area (TPSA) is 67.6 Å². The number of amides is 1. The molecule has 0 aliphatic heterocycles. The van der Waals surface area contributed by atoms with Crippen LogP contribution in [0.3, 0.4) is 0 Å². The van der Waals surface area contributed by atoms with Crippen molar-refractivity contribution in [1.29, 1.82) is 0 Å². The van der Waals surface area contributed by atoms with Crippen molar-refractivity contribution in [3.05, 3.63) is 17.9 Å². The zero-order valence-electron chi connectivity index (χ0n) is 10.1. The van der Waals surface area contributed by atoms with E-state index in [0.717, 1.165) is 6.07 Å². The Hall–Kier alpha value is -1.98.